The number of nitriles is 1. The Labute approximate surface area is 198 Å². The molecule has 0 fully saturated rings. The summed E-state index contributed by atoms with van der Waals surface area (Å²) in [5, 5.41) is 24.1. The second-order valence-electron chi connectivity index (χ2n) is 7.30. The molecule has 0 spiro atoms. The highest BCUT2D eigenvalue weighted by Gasteiger charge is 2.42. The Morgan fingerprint density at radius 1 is 1.41 bits per heavy atom. The minimum absolute atomic E-state index is 0.0586. The first-order valence-electron chi connectivity index (χ1n) is 9.99. The van der Waals surface area contributed by atoms with Crippen LogP contribution in [0.3, 0.4) is 0 Å². The zero-order valence-electron chi connectivity index (χ0n) is 17.1. The van der Waals surface area contributed by atoms with E-state index in [9.17, 15) is 20.2 Å². The highest BCUT2D eigenvalue weighted by Crippen LogP contribution is 2.50. The van der Waals surface area contributed by atoms with Crippen molar-refractivity contribution < 1.29 is 9.72 Å². The fraction of sp³-hybridized carbons (Fsp3) is 0.273. The largest absolute Gasteiger partial charge is 0.384 e. The topological polar surface area (TPSA) is 113 Å². The van der Waals surface area contributed by atoms with E-state index in [0.717, 1.165) is 15.5 Å². The molecule has 0 saturated carbocycles. The third kappa shape index (κ3) is 3.68. The average molecular weight is 487 g/mol. The van der Waals surface area contributed by atoms with Crippen LogP contribution in [0.15, 0.2) is 56.5 Å². The van der Waals surface area contributed by atoms with E-state index in [4.69, 9.17) is 17.3 Å². The fourth-order valence-electron chi connectivity index (χ4n) is 4.27. The molecule has 1 unspecified atom stereocenters. The number of Topliss-reactive ketones (excluding diaryl/α,β-unsaturated/α-hetero) is 1. The van der Waals surface area contributed by atoms with Crippen LogP contribution in [0.25, 0.3) is 0 Å². The third-order valence-electron chi connectivity index (χ3n) is 5.53. The summed E-state index contributed by atoms with van der Waals surface area (Å²) in [6.45, 7) is 2.04. The zero-order valence-corrected chi connectivity index (χ0v) is 19.5. The number of halogens is 1. The van der Waals surface area contributed by atoms with Crippen LogP contribution in [-0.2, 0) is 4.79 Å². The van der Waals surface area contributed by atoms with Gasteiger partial charge in [-0.05, 0) is 47.7 Å². The molecule has 2 heterocycles. The average Bonchev–Trinajstić information content (AvgIpc) is 3.21. The van der Waals surface area contributed by atoms with Crippen molar-refractivity contribution in [1.29, 1.82) is 5.26 Å². The van der Waals surface area contributed by atoms with Crippen LogP contribution in [0.1, 0.15) is 37.7 Å². The molecule has 0 radical (unpaired) electrons. The van der Waals surface area contributed by atoms with Crippen LogP contribution in [0.5, 0.6) is 0 Å². The van der Waals surface area contributed by atoms with Gasteiger partial charge >= 0.3 is 0 Å². The van der Waals surface area contributed by atoms with Crippen molar-refractivity contribution in [2.24, 2.45) is 5.73 Å². The molecule has 4 rings (SSSR count). The first kappa shape index (κ1) is 22.4. The Hall–Kier alpha value is -2.80. The van der Waals surface area contributed by atoms with Gasteiger partial charge in [-0.15, -0.1) is 23.1 Å². The van der Waals surface area contributed by atoms with Crippen molar-refractivity contribution in [3.63, 3.8) is 0 Å². The molecule has 1 aromatic heterocycles. The van der Waals surface area contributed by atoms with Gasteiger partial charge in [0.15, 0.2) is 5.78 Å². The number of ketones is 1. The lowest BCUT2D eigenvalue weighted by atomic mass is 9.76. The van der Waals surface area contributed by atoms with Crippen molar-refractivity contribution in [2.75, 3.05) is 10.7 Å². The Morgan fingerprint density at radius 3 is 2.88 bits per heavy atom. The van der Waals surface area contributed by atoms with Crippen LogP contribution >= 0.6 is 34.7 Å². The van der Waals surface area contributed by atoms with Gasteiger partial charge in [0.25, 0.3) is 5.69 Å². The highest BCUT2D eigenvalue weighted by atomic mass is 35.5. The number of benzene rings is 1. The minimum atomic E-state index is -0.578. The zero-order chi connectivity index (χ0) is 23.0. The van der Waals surface area contributed by atoms with E-state index in [-0.39, 0.29) is 33.6 Å². The lowest BCUT2D eigenvalue weighted by Gasteiger charge is -2.39. The standard InChI is InChI=1S/C22H19ClN4O3S2/c1-2-31-22-13(8-9-32-22)19-14(11-24)21(25)26(16-4-3-5-18(28)20(16)19)15-7-6-12(23)10-17(15)27(29)30/h6-10,19H,2-5,25H2,1H3. The third-order valence-corrected chi connectivity index (χ3v) is 7.92. The molecule has 1 aliphatic heterocycles. The molecule has 2 N–H and O–H groups in total. The molecular weight excluding hydrogens is 468 g/mol. The van der Waals surface area contributed by atoms with Gasteiger partial charge in [-0.1, -0.05) is 18.5 Å². The van der Waals surface area contributed by atoms with Crippen molar-refractivity contribution in [3.8, 4) is 6.07 Å². The maximum atomic E-state index is 13.2. The lowest BCUT2D eigenvalue weighted by molar-refractivity contribution is -0.384. The van der Waals surface area contributed by atoms with Gasteiger partial charge in [-0.2, -0.15) is 5.26 Å². The molecule has 1 aromatic carbocycles. The van der Waals surface area contributed by atoms with E-state index in [1.54, 1.807) is 23.1 Å². The molecule has 2 aromatic rings. The molecule has 1 aliphatic carbocycles. The van der Waals surface area contributed by atoms with Gasteiger partial charge in [0.05, 0.1) is 26.7 Å². The van der Waals surface area contributed by atoms with E-state index in [2.05, 4.69) is 6.07 Å². The van der Waals surface area contributed by atoms with Crippen molar-refractivity contribution in [3.05, 3.63) is 73.0 Å². The molecule has 0 amide bonds. The van der Waals surface area contributed by atoms with Gasteiger partial charge in [-0.25, -0.2) is 0 Å². The number of nitrogens with zero attached hydrogens (tertiary/aromatic N) is 3. The number of nitro groups is 1. The number of anilines is 1. The summed E-state index contributed by atoms with van der Waals surface area (Å²) < 4.78 is 1.04. The second kappa shape index (κ2) is 8.98. The van der Waals surface area contributed by atoms with Crippen molar-refractivity contribution in [1.82, 2.24) is 0 Å². The van der Waals surface area contributed by atoms with Crippen LogP contribution in [-0.4, -0.2) is 16.5 Å². The maximum Gasteiger partial charge on any atom is 0.294 e. The Bertz CT molecular complexity index is 1230. The van der Waals surface area contributed by atoms with Crippen LogP contribution < -0.4 is 10.6 Å². The van der Waals surface area contributed by atoms with Gasteiger partial charge in [0, 0.05) is 28.8 Å². The van der Waals surface area contributed by atoms with E-state index in [1.165, 1.54) is 23.1 Å². The maximum absolute atomic E-state index is 13.2. The Kier molecular flexibility index (Phi) is 6.29. The number of hydrogen-bond donors (Lipinski definition) is 1. The molecule has 7 nitrogen and oxygen atoms in total. The first-order chi connectivity index (χ1) is 15.4. The van der Waals surface area contributed by atoms with E-state index >= 15 is 0 Å². The van der Waals surface area contributed by atoms with Gasteiger partial charge in [-0.3, -0.25) is 19.8 Å². The number of thiophene rings is 1. The normalized spacial score (nSPS) is 18.6. The molecule has 0 saturated heterocycles. The highest BCUT2D eigenvalue weighted by molar-refractivity contribution is 8.01. The van der Waals surface area contributed by atoms with E-state index < -0.39 is 10.8 Å². The molecular formula is C22H19ClN4O3S2. The quantitative estimate of drug-likeness (QED) is 0.326. The summed E-state index contributed by atoms with van der Waals surface area (Å²) in [6, 6.07) is 8.43. The summed E-state index contributed by atoms with van der Waals surface area (Å²) in [5.41, 5.74) is 8.71. The molecule has 164 valence electrons. The summed E-state index contributed by atoms with van der Waals surface area (Å²) in [6.07, 6.45) is 1.50. The van der Waals surface area contributed by atoms with Crippen LogP contribution in [0.4, 0.5) is 11.4 Å². The smallest absolute Gasteiger partial charge is 0.294 e. The number of hydrogen-bond acceptors (Lipinski definition) is 8. The van der Waals surface area contributed by atoms with Crippen molar-refractivity contribution >= 4 is 51.9 Å². The fourth-order valence-corrected chi connectivity index (χ4v) is 6.51. The molecule has 2 aliphatic rings. The summed E-state index contributed by atoms with van der Waals surface area (Å²) >= 11 is 9.23. The molecule has 10 heteroatoms. The van der Waals surface area contributed by atoms with Crippen molar-refractivity contribution in [2.45, 2.75) is 36.3 Å². The SMILES string of the molecule is CCSc1sccc1C1C(C#N)=C(N)N(c2ccc(Cl)cc2[N+](=O)[O-])C2=C1C(=O)CCC2. The van der Waals surface area contributed by atoms with Gasteiger partial charge in [0.2, 0.25) is 0 Å². The number of rotatable bonds is 5. The monoisotopic (exact) mass is 486 g/mol. The van der Waals surface area contributed by atoms with E-state index in [0.29, 0.717) is 30.5 Å². The number of carbonyl (C=O) groups excluding carboxylic acids is 1. The lowest BCUT2D eigenvalue weighted by Crippen LogP contribution is -2.39. The summed E-state index contributed by atoms with van der Waals surface area (Å²) in [5.74, 6) is 0.321. The first-order valence-corrected chi connectivity index (χ1v) is 12.2. The molecule has 32 heavy (non-hydrogen) atoms. The number of thioether (sulfide) groups is 1. The van der Waals surface area contributed by atoms with Crippen LogP contribution in [0.2, 0.25) is 5.02 Å². The van der Waals surface area contributed by atoms with E-state index in [1.807, 2.05) is 18.4 Å². The number of nitrogens with two attached hydrogens (primary N) is 1. The number of carbonyl (C=O) groups is 1. The summed E-state index contributed by atoms with van der Waals surface area (Å²) in [4.78, 5) is 26.0. The minimum Gasteiger partial charge on any atom is -0.384 e. The Morgan fingerprint density at radius 2 is 2.19 bits per heavy atom. The number of nitro benzene ring substituents is 1. The van der Waals surface area contributed by atoms with Gasteiger partial charge < -0.3 is 5.73 Å². The van der Waals surface area contributed by atoms with Crippen LogP contribution in [0, 0.1) is 21.4 Å². The summed E-state index contributed by atoms with van der Waals surface area (Å²) in [7, 11) is 0. The second-order valence-corrected chi connectivity index (χ2v) is 10.2. The Balaban J connectivity index is 2.00. The predicted octanol–water partition coefficient (Wildman–Crippen LogP) is 5.73. The molecule has 1 atom stereocenters. The van der Waals surface area contributed by atoms with Gasteiger partial charge in [0.1, 0.15) is 11.5 Å². The number of allylic oxidation sites excluding steroid dienone is 3. The predicted molar refractivity (Wildman–Crippen MR) is 127 cm³/mol. The molecule has 0 bridgehead atoms.